The van der Waals surface area contributed by atoms with Crippen LogP contribution < -0.4 is 5.32 Å². The van der Waals surface area contributed by atoms with Crippen LogP contribution in [-0.2, 0) is 13.1 Å². The topological polar surface area (TPSA) is 80.0 Å². The van der Waals surface area contributed by atoms with Gasteiger partial charge in [-0.2, -0.15) is 4.98 Å². The van der Waals surface area contributed by atoms with Crippen LogP contribution in [0, 0.1) is 19.7 Å². The van der Waals surface area contributed by atoms with Crippen LogP contribution >= 0.6 is 11.3 Å². The van der Waals surface area contributed by atoms with Gasteiger partial charge in [0.2, 0.25) is 0 Å². The minimum Gasteiger partial charge on any atom is -0.362 e. The van der Waals surface area contributed by atoms with Crippen LogP contribution in [0.5, 0.6) is 0 Å². The van der Waals surface area contributed by atoms with Crippen molar-refractivity contribution in [3.8, 4) is 11.5 Å². The summed E-state index contributed by atoms with van der Waals surface area (Å²) >= 11 is 1.69. The van der Waals surface area contributed by atoms with Gasteiger partial charge in [0.15, 0.2) is 5.82 Å². The highest BCUT2D eigenvalue weighted by Crippen LogP contribution is 2.33. The molecule has 4 heterocycles. The van der Waals surface area contributed by atoms with Crippen LogP contribution in [0.2, 0.25) is 0 Å². The monoisotopic (exact) mass is 438 g/mol. The Labute approximate surface area is 183 Å². The molecule has 0 unspecified atom stereocenters. The molecular weight excluding hydrogens is 415 g/mol. The molecule has 0 bridgehead atoms. The molecule has 0 saturated carbocycles. The third kappa shape index (κ3) is 4.15. The fourth-order valence-electron chi connectivity index (χ4n) is 3.86. The third-order valence-corrected chi connectivity index (χ3v) is 6.69. The molecule has 1 aliphatic heterocycles. The normalized spacial score (nSPS) is 14.5. The van der Waals surface area contributed by atoms with Gasteiger partial charge in [-0.05, 0) is 63.5 Å². The minimum atomic E-state index is -0.340. The molecule has 1 aromatic carbocycles. The van der Waals surface area contributed by atoms with E-state index in [0.29, 0.717) is 23.8 Å². The fraction of sp³-hybridized carbons (Fsp3) is 0.364. The van der Waals surface area contributed by atoms with Crippen LogP contribution in [0.1, 0.15) is 34.9 Å². The van der Waals surface area contributed by atoms with E-state index in [2.05, 4.69) is 34.2 Å². The second kappa shape index (κ2) is 8.32. The minimum absolute atomic E-state index is 0.293. The van der Waals surface area contributed by atoms with E-state index in [0.717, 1.165) is 41.5 Å². The average Bonchev–Trinajstić information content (AvgIpc) is 3.48. The number of hydrogen-bond acceptors (Lipinski definition) is 8. The first-order valence-corrected chi connectivity index (χ1v) is 11.2. The molecule has 1 fully saturated rings. The molecular formula is C22H23FN6OS. The van der Waals surface area contributed by atoms with Crippen LogP contribution in [0.3, 0.4) is 0 Å². The SMILES string of the molecule is Cc1sc2nc(CN3CCCC3)nc(NCc3noc(-c4cccc(F)c4)n3)c2c1C. The number of anilines is 1. The van der Waals surface area contributed by atoms with Crippen molar-refractivity contribution in [2.45, 2.75) is 39.8 Å². The largest absolute Gasteiger partial charge is 0.362 e. The Morgan fingerprint density at radius 3 is 2.77 bits per heavy atom. The fourth-order valence-corrected chi connectivity index (χ4v) is 4.91. The van der Waals surface area contributed by atoms with E-state index in [9.17, 15) is 4.39 Å². The molecule has 3 aromatic heterocycles. The molecule has 5 rings (SSSR count). The van der Waals surface area contributed by atoms with Gasteiger partial charge in [0.25, 0.3) is 5.89 Å². The average molecular weight is 439 g/mol. The summed E-state index contributed by atoms with van der Waals surface area (Å²) < 4.78 is 18.8. The van der Waals surface area contributed by atoms with Crippen LogP contribution in [0.4, 0.5) is 10.2 Å². The summed E-state index contributed by atoms with van der Waals surface area (Å²) in [6.45, 7) is 7.50. The smallest absolute Gasteiger partial charge is 0.258 e. The van der Waals surface area contributed by atoms with E-state index in [4.69, 9.17) is 14.5 Å². The maximum absolute atomic E-state index is 13.5. The standard InChI is InChI=1S/C22H23FN6OS/c1-13-14(2)31-22-19(13)20(25-18(27-22)12-29-8-3-4-9-29)24-11-17-26-21(30-28-17)15-6-5-7-16(23)10-15/h5-7,10H,3-4,8-9,11-12H2,1-2H3,(H,24,25,27). The van der Waals surface area contributed by atoms with E-state index >= 15 is 0 Å². The lowest BCUT2D eigenvalue weighted by atomic mass is 10.2. The lowest BCUT2D eigenvalue weighted by Gasteiger charge is -2.14. The van der Waals surface area contributed by atoms with Crippen LogP contribution in [0.25, 0.3) is 21.7 Å². The van der Waals surface area contributed by atoms with Crippen molar-refractivity contribution in [3.63, 3.8) is 0 Å². The van der Waals surface area contributed by atoms with E-state index in [1.165, 1.54) is 35.4 Å². The molecule has 31 heavy (non-hydrogen) atoms. The Hall–Kier alpha value is -2.91. The zero-order valence-corrected chi connectivity index (χ0v) is 18.3. The number of hydrogen-bond donors (Lipinski definition) is 1. The number of aryl methyl sites for hydroxylation is 2. The Morgan fingerprint density at radius 2 is 1.97 bits per heavy atom. The van der Waals surface area contributed by atoms with Gasteiger partial charge < -0.3 is 9.84 Å². The molecule has 7 nitrogen and oxygen atoms in total. The molecule has 1 aliphatic rings. The summed E-state index contributed by atoms with van der Waals surface area (Å²) in [5.74, 6) is 2.05. The maximum atomic E-state index is 13.5. The second-order valence-corrected chi connectivity index (χ2v) is 9.02. The maximum Gasteiger partial charge on any atom is 0.258 e. The van der Waals surface area contributed by atoms with Crippen molar-refractivity contribution in [1.82, 2.24) is 25.0 Å². The summed E-state index contributed by atoms with van der Waals surface area (Å²) in [6.07, 6.45) is 2.46. The summed E-state index contributed by atoms with van der Waals surface area (Å²) in [5, 5.41) is 8.45. The van der Waals surface area contributed by atoms with Gasteiger partial charge >= 0.3 is 0 Å². The molecule has 0 spiro atoms. The highest BCUT2D eigenvalue weighted by Gasteiger charge is 2.19. The molecule has 0 amide bonds. The second-order valence-electron chi connectivity index (χ2n) is 7.81. The number of fused-ring (bicyclic) bond motifs is 1. The summed E-state index contributed by atoms with van der Waals surface area (Å²) in [7, 11) is 0. The molecule has 4 aromatic rings. The Balaban J connectivity index is 1.40. The summed E-state index contributed by atoms with van der Waals surface area (Å²) in [6, 6.07) is 6.12. The molecule has 9 heteroatoms. The molecule has 0 atom stereocenters. The number of likely N-dealkylation sites (tertiary alicyclic amines) is 1. The number of thiophene rings is 1. The van der Waals surface area contributed by atoms with Crippen molar-refractivity contribution in [3.05, 3.63) is 52.2 Å². The van der Waals surface area contributed by atoms with Crippen molar-refractivity contribution < 1.29 is 8.91 Å². The number of benzene rings is 1. The number of halogens is 1. The van der Waals surface area contributed by atoms with Crippen molar-refractivity contribution in [2.75, 3.05) is 18.4 Å². The van der Waals surface area contributed by atoms with Gasteiger partial charge in [-0.15, -0.1) is 11.3 Å². The van der Waals surface area contributed by atoms with Crippen molar-refractivity contribution in [1.29, 1.82) is 0 Å². The van der Waals surface area contributed by atoms with Gasteiger partial charge in [-0.3, -0.25) is 4.90 Å². The van der Waals surface area contributed by atoms with E-state index in [1.807, 2.05) is 0 Å². The third-order valence-electron chi connectivity index (χ3n) is 5.59. The quantitative estimate of drug-likeness (QED) is 0.467. The molecule has 0 aliphatic carbocycles. The summed E-state index contributed by atoms with van der Waals surface area (Å²) in [5.41, 5.74) is 1.74. The van der Waals surface area contributed by atoms with E-state index < -0.39 is 0 Å². The Morgan fingerprint density at radius 1 is 1.13 bits per heavy atom. The highest BCUT2D eigenvalue weighted by atomic mass is 32.1. The van der Waals surface area contributed by atoms with Crippen molar-refractivity contribution in [2.24, 2.45) is 0 Å². The van der Waals surface area contributed by atoms with E-state index in [-0.39, 0.29) is 5.82 Å². The zero-order valence-electron chi connectivity index (χ0n) is 17.5. The van der Waals surface area contributed by atoms with Gasteiger partial charge in [-0.25, -0.2) is 14.4 Å². The van der Waals surface area contributed by atoms with Crippen LogP contribution in [0.15, 0.2) is 28.8 Å². The first-order chi connectivity index (χ1) is 15.1. The number of nitrogens with one attached hydrogen (secondary N) is 1. The van der Waals surface area contributed by atoms with Gasteiger partial charge in [-0.1, -0.05) is 11.2 Å². The van der Waals surface area contributed by atoms with Gasteiger partial charge in [0.1, 0.15) is 22.3 Å². The number of aromatic nitrogens is 4. The zero-order chi connectivity index (χ0) is 21.4. The molecule has 0 radical (unpaired) electrons. The van der Waals surface area contributed by atoms with E-state index in [1.54, 1.807) is 23.5 Å². The summed E-state index contributed by atoms with van der Waals surface area (Å²) in [4.78, 5) is 18.7. The lowest BCUT2D eigenvalue weighted by molar-refractivity contribution is 0.323. The number of nitrogens with zero attached hydrogens (tertiary/aromatic N) is 5. The van der Waals surface area contributed by atoms with Crippen LogP contribution in [-0.4, -0.2) is 38.1 Å². The highest BCUT2D eigenvalue weighted by molar-refractivity contribution is 7.18. The first kappa shape index (κ1) is 20.0. The Bertz CT molecular complexity index is 1230. The molecule has 160 valence electrons. The predicted octanol–water partition coefficient (Wildman–Crippen LogP) is 4.71. The lowest BCUT2D eigenvalue weighted by Crippen LogP contribution is -2.20. The Kier molecular flexibility index (Phi) is 5.37. The van der Waals surface area contributed by atoms with Gasteiger partial charge in [0.05, 0.1) is 18.5 Å². The molecule has 1 saturated heterocycles. The van der Waals surface area contributed by atoms with Crippen molar-refractivity contribution >= 4 is 27.4 Å². The predicted molar refractivity (Wildman–Crippen MR) is 118 cm³/mol. The first-order valence-electron chi connectivity index (χ1n) is 10.4. The number of rotatable bonds is 6. The molecule has 1 N–H and O–H groups in total. The van der Waals surface area contributed by atoms with Gasteiger partial charge in [0, 0.05) is 10.4 Å².